The molecule has 0 aromatic carbocycles. The molecule has 130 valence electrons. The van der Waals surface area contributed by atoms with Crippen molar-refractivity contribution in [3.63, 3.8) is 0 Å². The van der Waals surface area contributed by atoms with Crippen molar-refractivity contribution in [2.75, 3.05) is 6.54 Å². The predicted molar refractivity (Wildman–Crippen MR) is 90.2 cm³/mol. The van der Waals surface area contributed by atoms with Crippen LogP contribution in [-0.2, 0) is 11.8 Å². The molecule has 2 N–H and O–H groups in total. The molecule has 6 nitrogen and oxygen atoms in total. The minimum atomic E-state index is -0.466. The lowest BCUT2D eigenvalue weighted by molar-refractivity contribution is 0.0520. The summed E-state index contributed by atoms with van der Waals surface area (Å²) in [5, 5.41) is 10.9. The minimum absolute atomic E-state index is 0.203. The van der Waals surface area contributed by atoms with E-state index in [1.165, 1.54) is 18.4 Å². The molecule has 1 aromatic heterocycles. The first-order valence-electron chi connectivity index (χ1n) is 8.39. The maximum absolute atomic E-state index is 11.8. The van der Waals surface area contributed by atoms with Crippen LogP contribution in [0.5, 0.6) is 0 Å². The largest absolute Gasteiger partial charge is 0.444 e. The normalized spacial score (nSPS) is 17.7. The predicted octanol–water partition coefficient (Wildman–Crippen LogP) is 2.68. The zero-order chi connectivity index (χ0) is 17.2. The zero-order valence-electron chi connectivity index (χ0n) is 15.1. The van der Waals surface area contributed by atoms with Crippen LogP contribution in [0.4, 0.5) is 4.79 Å². The quantitative estimate of drug-likeness (QED) is 0.845. The Balaban J connectivity index is 1.89. The molecule has 2 rings (SSSR count). The van der Waals surface area contributed by atoms with Crippen molar-refractivity contribution < 1.29 is 9.53 Å². The van der Waals surface area contributed by atoms with Crippen molar-refractivity contribution in [1.82, 2.24) is 20.4 Å². The van der Waals surface area contributed by atoms with E-state index in [0.29, 0.717) is 12.5 Å². The molecule has 1 saturated carbocycles. The summed E-state index contributed by atoms with van der Waals surface area (Å²) in [4.78, 5) is 11.8. The van der Waals surface area contributed by atoms with E-state index in [2.05, 4.69) is 28.9 Å². The Morgan fingerprint density at radius 1 is 1.48 bits per heavy atom. The second-order valence-electron chi connectivity index (χ2n) is 7.56. The van der Waals surface area contributed by atoms with Gasteiger partial charge in [-0.3, -0.25) is 4.68 Å². The SMILES string of the molecule is Cc1nn(C)cc1C(C)NC(CNC(=O)OC(C)(C)C)C1CC1. The number of nitrogens with zero attached hydrogens (tertiary/aromatic N) is 2. The Labute approximate surface area is 139 Å². The first-order valence-corrected chi connectivity index (χ1v) is 8.39. The smallest absolute Gasteiger partial charge is 0.407 e. The molecule has 0 aliphatic heterocycles. The van der Waals surface area contributed by atoms with Crippen LogP contribution in [-0.4, -0.2) is 34.1 Å². The molecule has 1 aromatic rings. The molecule has 0 spiro atoms. The van der Waals surface area contributed by atoms with Crippen molar-refractivity contribution in [1.29, 1.82) is 0 Å². The number of ether oxygens (including phenoxy) is 1. The molecule has 2 atom stereocenters. The van der Waals surface area contributed by atoms with Gasteiger partial charge in [0.05, 0.1) is 5.69 Å². The molecule has 0 saturated heterocycles. The van der Waals surface area contributed by atoms with Gasteiger partial charge in [-0.25, -0.2) is 4.79 Å². The second kappa shape index (κ2) is 6.91. The number of carbonyl (C=O) groups excluding carboxylic acids is 1. The van der Waals surface area contributed by atoms with Gasteiger partial charge in [-0.1, -0.05) is 0 Å². The fourth-order valence-electron chi connectivity index (χ4n) is 2.82. The molecule has 23 heavy (non-hydrogen) atoms. The van der Waals surface area contributed by atoms with E-state index in [1.54, 1.807) is 0 Å². The van der Waals surface area contributed by atoms with Crippen LogP contribution in [0, 0.1) is 12.8 Å². The highest BCUT2D eigenvalue weighted by atomic mass is 16.6. The fraction of sp³-hybridized carbons (Fsp3) is 0.765. The van der Waals surface area contributed by atoms with Crippen LogP contribution in [0.25, 0.3) is 0 Å². The third-order valence-electron chi connectivity index (χ3n) is 4.04. The Kier molecular flexibility index (Phi) is 5.34. The van der Waals surface area contributed by atoms with E-state index in [0.717, 1.165) is 5.69 Å². The zero-order valence-corrected chi connectivity index (χ0v) is 15.1. The molecule has 1 aliphatic carbocycles. The van der Waals surface area contributed by atoms with Crippen LogP contribution in [0.1, 0.15) is 57.8 Å². The molecule has 0 bridgehead atoms. The lowest BCUT2D eigenvalue weighted by Gasteiger charge is -2.25. The van der Waals surface area contributed by atoms with Gasteiger partial charge >= 0.3 is 6.09 Å². The van der Waals surface area contributed by atoms with E-state index in [1.807, 2.05) is 39.4 Å². The topological polar surface area (TPSA) is 68.2 Å². The maximum Gasteiger partial charge on any atom is 0.407 e. The molecular formula is C17H30N4O2. The van der Waals surface area contributed by atoms with Crippen LogP contribution in [0.15, 0.2) is 6.20 Å². The van der Waals surface area contributed by atoms with Gasteiger partial charge in [0.1, 0.15) is 5.60 Å². The van der Waals surface area contributed by atoms with Gasteiger partial charge in [-0.15, -0.1) is 0 Å². The highest BCUT2D eigenvalue weighted by Crippen LogP contribution is 2.33. The number of amides is 1. The van der Waals surface area contributed by atoms with E-state index in [-0.39, 0.29) is 18.2 Å². The van der Waals surface area contributed by atoms with Crippen molar-refractivity contribution in [3.05, 3.63) is 17.5 Å². The summed E-state index contributed by atoms with van der Waals surface area (Å²) in [6, 6.07) is 0.465. The number of carbonyl (C=O) groups is 1. The second-order valence-corrected chi connectivity index (χ2v) is 7.56. The first kappa shape index (κ1) is 17.8. The lowest BCUT2D eigenvalue weighted by Crippen LogP contribution is -2.44. The van der Waals surface area contributed by atoms with Crippen molar-refractivity contribution in [2.45, 2.75) is 65.1 Å². The number of aromatic nitrogens is 2. The number of hydrogen-bond acceptors (Lipinski definition) is 4. The summed E-state index contributed by atoms with van der Waals surface area (Å²) in [5.41, 5.74) is 1.78. The number of rotatable bonds is 6. The van der Waals surface area contributed by atoms with E-state index in [4.69, 9.17) is 4.74 Å². The molecule has 0 radical (unpaired) electrons. The molecule has 1 fully saturated rings. The van der Waals surface area contributed by atoms with Crippen molar-refractivity contribution in [3.8, 4) is 0 Å². The van der Waals surface area contributed by atoms with E-state index >= 15 is 0 Å². The summed E-state index contributed by atoms with van der Waals surface area (Å²) in [7, 11) is 1.94. The van der Waals surface area contributed by atoms with E-state index < -0.39 is 5.60 Å². The first-order chi connectivity index (χ1) is 10.7. The highest BCUT2D eigenvalue weighted by molar-refractivity contribution is 5.67. The molecule has 6 heteroatoms. The molecule has 1 aliphatic rings. The summed E-state index contributed by atoms with van der Waals surface area (Å²) in [6.07, 6.45) is 4.13. The average Bonchev–Trinajstić information content (AvgIpc) is 3.17. The van der Waals surface area contributed by atoms with Gasteiger partial charge in [0.15, 0.2) is 0 Å². The highest BCUT2D eigenvalue weighted by Gasteiger charge is 2.33. The maximum atomic E-state index is 11.8. The van der Waals surface area contributed by atoms with Gasteiger partial charge in [-0.2, -0.15) is 5.10 Å². The Bertz CT molecular complexity index is 543. The standard InChI is InChI=1S/C17H30N4O2/c1-11(14-10-21(6)20-12(14)2)19-15(13-7-8-13)9-18-16(22)23-17(3,4)5/h10-11,13,15,19H,7-9H2,1-6H3,(H,18,22). The number of alkyl carbamates (subject to hydrolysis) is 1. The Hall–Kier alpha value is -1.56. The third kappa shape index (κ3) is 5.53. The molecule has 1 amide bonds. The Morgan fingerprint density at radius 3 is 2.61 bits per heavy atom. The van der Waals surface area contributed by atoms with Gasteiger partial charge in [0.2, 0.25) is 0 Å². The lowest BCUT2D eigenvalue weighted by atomic mass is 10.1. The van der Waals surface area contributed by atoms with Crippen LogP contribution >= 0.6 is 0 Å². The van der Waals surface area contributed by atoms with Crippen molar-refractivity contribution in [2.24, 2.45) is 13.0 Å². The van der Waals surface area contributed by atoms with E-state index in [9.17, 15) is 4.79 Å². The van der Waals surface area contributed by atoms with Crippen LogP contribution < -0.4 is 10.6 Å². The third-order valence-corrected chi connectivity index (χ3v) is 4.04. The summed E-state index contributed by atoms with van der Waals surface area (Å²) < 4.78 is 7.15. The van der Waals surface area contributed by atoms with Crippen LogP contribution in [0.3, 0.4) is 0 Å². The van der Waals surface area contributed by atoms with Crippen LogP contribution in [0.2, 0.25) is 0 Å². The van der Waals surface area contributed by atoms with Gasteiger partial charge in [-0.05, 0) is 53.4 Å². The van der Waals surface area contributed by atoms with Gasteiger partial charge in [0, 0.05) is 37.4 Å². The van der Waals surface area contributed by atoms with Crippen molar-refractivity contribution >= 4 is 6.09 Å². The summed E-state index contributed by atoms with van der Waals surface area (Å²) in [6.45, 7) is 10.4. The van der Waals surface area contributed by atoms with Gasteiger partial charge < -0.3 is 15.4 Å². The number of aryl methyl sites for hydroxylation is 2. The molecular weight excluding hydrogens is 292 g/mol. The number of nitrogens with one attached hydrogen (secondary N) is 2. The monoisotopic (exact) mass is 322 g/mol. The average molecular weight is 322 g/mol. The molecule has 1 heterocycles. The summed E-state index contributed by atoms with van der Waals surface area (Å²) >= 11 is 0. The van der Waals surface area contributed by atoms with Gasteiger partial charge in [0.25, 0.3) is 0 Å². The fourth-order valence-corrected chi connectivity index (χ4v) is 2.82. The minimum Gasteiger partial charge on any atom is -0.444 e. The molecule has 2 unspecified atom stereocenters. The summed E-state index contributed by atoms with van der Waals surface area (Å²) in [5.74, 6) is 0.629. The number of hydrogen-bond donors (Lipinski definition) is 2. The Morgan fingerprint density at radius 2 is 2.13 bits per heavy atom.